The molecule has 0 fully saturated rings. The highest BCUT2D eigenvalue weighted by atomic mass is 79.9. The topological polar surface area (TPSA) is 43.8 Å². The molecule has 0 saturated carbocycles. The molecule has 2 N–H and O–H groups in total. The Morgan fingerprint density at radius 3 is 2.84 bits per heavy atom. The molecule has 19 heavy (non-hydrogen) atoms. The van der Waals surface area contributed by atoms with Gasteiger partial charge in [0.25, 0.3) is 0 Å². The Bertz CT molecular complexity index is 580. The summed E-state index contributed by atoms with van der Waals surface area (Å²) in [6, 6.07) is 7.96. The summed E-state index contributed by atoms with van der Waals surface area (Å²) in [6.07, 6.45) is 0.684. The van der Waals surface area contributed by atoms with Crippen LogP contribution in [0.4, 0.5) is 0 Å². The Hall–Kier alpha value is -0.840. The summed E-state index contributed by atoms with van der Waals surface area (Å²) in [5.41, 5.74) is 9.24. The van der Waals surface area contributed by atoms with E-state index in [1.54, 1.807) is 0 Å². The van der Waals surface area contributed by atoms with Crippen LogP contribution in [-0.4, -0.2) is 9.78 Å². The van der Waals surface area contributed by atoms with Crippen LogP contribution in [0.25, 0.3) is 0 Å². The lowest BCUT2D eigenvalue weighted by atomic mass is 10.0. The second-order valence-corrected chi connectivity index (χ2v) is 5.82. The Balaban J connectivity index is 2.26. The molecule has 0 radical (unpaired) electrons. The monoisotopic (exact) mass is 341 g/mol. The van der Waals surface area contributed by atoms with Crippen LogP contribution < -0.4 is 5.73 Å². The highest BCUT2D eigenvalue weighted by Gasteiger charge is 2.16. The summed E-state index contributed by atoms with van der Waals surface area (Å²) in [7, 11) is 0. The third-order valence-corrected chi connectivity index (χ3v) is 4.13. The standard InChI is InChI=1S/C14H17BrClN3/c1-3-19-13(14(16)9(2)18-19)8-12(17)10-5-4-6-11(15)7-10/h4-7,12H,3,8,17H2,1-2H3. The van der Waals surface area contributed by atoms with E-state index in [-0.39, 0.29) is 6.04 Å². The van der Waals surface area contributed by atoms with Crippen molar-refractivity contribution in [2.75, 3.05) is 0 Å². The van der Waals surface area contributed by atoms with Gasteiger partial charge >= 0.3 is 0 Å². The van der Waals surface area contributed by atoms with E-state index in [9.17, 15) is 0 Å². The molecular formula is C14H17BrClN3. The Morgan fingerprint density at radius 1 is 1.47 bits per heavy atom. The number of benzene rings is 1. The third kappa shape index (κ3) is 3.19. The van der Waals surface area contributed by atoms with Gasteiger partial charge in [0.1, 0.15) is 0 Å². The third-order valence-electron chi connectivity index (χ3n) is 3.14. The number of aryl methyl sites for hydroxylation is 2. The molecule has 1 aromatic carbocycles. The fourth-order valence-corrected chi connectivity index (χ4v) is 2.76. The van der Waals surface area contributed by atoms with E-state index >= 15 is 0 Å². The fourth-order valence-electron chi connectivity index (χ4n) is 2.13. The molecule has 0 aliphatic heterocycles. The van der Waals surface area contributed by atoms with Gasteiger partial charge in [-0.05, 0) is 31.5 Å². The van der Waals surface area contributed by atoms with E-state index in [2.05, 4.69) is 28.0 Å². The predicted octanol–water partition coefficient (Wildman–Crippen LogP) is 3.87. The summed E-state index contributed by atoms with van der Waals surface area (Å²) >= 11 is 9.77. The van der Waals surface area contributed by atoms with Gasteiger partial charge in [0, 0.05) is 23.5 Å². The zero-order valence-electron chi connectivity index (χ0n) is 11.0. The van der Waals surface area contributed by atoms with Crippen LogP contribution in [0.15, 0.2) is 28.7 Å². The number of hydrogen-bond acceptors (Lipinski definition) is 2. The number of nitrogens with two attached hydrogens (primary N) is 1. The first-order valence-electron chi connectivity index (χ1n) is 6.25. The maximum atomic E-state index is 6.31. The van der Waals surface area contributed by atoms with Crippen molar-refractivity contribution in [2.45, 2.75) is 32.9 Å². The number of rotatable bonds is 4. The van der Waals surface area contributed by atoms with Crippen molar-refractivity contribution in [1.82, 2.24) is 9.78 Å². The average Bonchev–Trinajstić information content (AvgIpc) is 2.66. The Labute approximate surface area is 126 Å². The number of hydrogen-bond donors (Lipinski definition) is 1. The summed E-state index contributed by atoms with van der Waals surface area (Å²) < 4.78 is 2.96. The molecule has 0 bridgehead atoms. The van der Waals surface area contributed by atoms with Crippen molar-refractivity contribution < 1.29 is 0 Å². The van der Waals surface area contributed by atoms with Crippen molar-refractivity contribution in [3.05, 3.63) is 50.7 Å². The van der Waals surface area contributed by atoms with Crippen LogP contribution in [-0.2, 0) is 13.0 Å². The lowest BCUT2D eigenvalue weighted by molar-refractivity contribution is 0.587. The van der Waals surface area contributed by atoms with Gasteiger partial charge in [-0.2, -0.15) is 5.10 Å². The van der Waals surface area contributed by atoms with Gasteiger partial charge < -0.3 is 5.73 Å². The molecule has 102 valence electrons. The zero-order valence-corrected chi connectivity index (χ0v) is 13.4. The molecule has 1 aromatic heterocycles. The van der Waals surface area contributed by atoms with E-state index in [1.165, 1.54) is 0 Å². The van der Waals surface area contributed by atoms with Crippen LogP contribution in [0.2, 0.25) is 5.02 Å². The van der Waals surface area contributed by atoms with Crippen molar-refractivity contribution >= 4 is 27.5 Å². The molecule has 0 aliphatic rings. The van der Waals surface area contributed by atoms with Gasteiger partial charge in [-0.25, -0.2) is 0 Å². The van der Waals surface area contributed by atoms with Crippen LogP contribution in [0.1, 0.15) is 29.9 Å². The SMILES string of the molecule is CCn1nc(C)c(Cl)c1CC(N)c1cccc(Br)c1. The highest BCUT2D eigenvalue weighted by Crippen LogP contribution is 2.26. The summed E-state index contributed by atoms with van der Waals surface area (Å²) in [5.74, 6) is 0. The summed E-state index contributed by atoms with van der Waals surface area (Å²) in [5, 5.41) is 5.14. The summed E-state index contributed by atoms with van der Waals surface area (Å²) in [6.45, 7) is 4.77. The van der Waals surface area contributed by atoms with Gasteiger partial charge in [0.15, 0.2) is 0 Å². The second-order valence-electron chi connectivity index (χ2n) is 4.53. The first-order chi connectivity index (χ1) is 9.02. The lowest BCUT2D eigenvalue weighted by Crippen LogP contribution is -2.16. The first-order valence-corrected chi connectivity index (χ1v) is 7.42. The van der Waals surface area contributed by atoms with E-state index in [4.69, 9.17) is 17.3 Å². The molecule has 3 nitrogen and oxygen atoms in total. The quantitative estimate of drug-likeness (QED) is 0.916. The molecule has 2 rings (SSSR count). The van der Waals surface area contributed by atoms with Crippen molar-refractivity contribution in [3.63, 3.8) is 0 Å². The Kier molecular flexibility index (Phi) is 4.66. The second kappa shape index (κ2) is 6.07. The van der Waals surface area contributed by atoms with E-state index in [0.29, 0.717) is 6.42 Å². The number of aromatic nitrogens is 2. The van der Waals surface area contributed by atoms with Crippen molar-refractivity contribution in [3.8, 4) is 0 Å². The van der Waals surface area contributed by atoms with E-state index < -0.39 is 0 Å². The minimum atomic E-state index is -0.0867. The van der Waals surface area contributed by atoms with Crippen LogP contribution in [0, 0.1) is 6.92 Å². The van der Waals surface area contributed by atoms with Crippen LogP contribution in [0.5, 0.6) is 0 Å². The lowest BCUT2D eigenvalue weighted by Gasteiger charge is -2.14. The Morgan fingerprint density at radius 2 is 2.21 bits per heavy atom. The molecule has 0 saturated heterocycles. The van der Waals surface area contributed by atoms with Crippen LogP contribution >= 0.6 is 27.5 Å². The number of nitrogens with zero attached hydrogens (tertiary/aromatic N) is 2. The van der Waals surface area contributed by atoms with Crippen molar-refractivity contribution in [2.24, 2.45) is 5.73 Å². The fraction of sp³-hybridized carbons (Fsp3) is 0.357. The maximum absolute atomic E-state index is 6.31. The molecule has 5 heteroatoms. The molecule has 0 amide bonds. The molecule has 0 spiro atoms. The van der Waals surface area contributed by atoms with E-state index in [1.807, 2.05) is 35.9 Å². The predicted molar refractivity (Wildman–Crippen MR) is 82.4 cm³/mol. The maximum Gasteiger partial charge on any atom is 0.0847 e. The molecule has 1 heterocycles. The van der Waals surface area contributed by atoms with E-state index in [0.717, 1.165) is 33.0 Å². The molecule has 0 aliphatic carbocycles. The normalized spacial score (nSPS) is 12.7. The average molecular weight is 343 g/mol. The van der Waals surface area contributed by atoms with Gasteiger partial charge in [-0.15, -0.1) is 0 Å². The van der Waals surface area contributed by atoms with Crippen molar-refractivity contribution in [1.29, 1.82) is 0 Å². The minimum absolute atomic E-state index is 0.0867. The molecular weight excluding hydrogens is 326 g/mol. The van der Waals surface area contributed by atoms with Gasteiger partial charge in [0.05, 0.1) is 16.4 Å². The minimum Gasteiger partial charge on any atom is -0.324 e. The van der Waals surface area contributed by atoms with Gasteiger partial charge in [-0.1, -0.05) is 39.7 Å². The largest absolute Gasteiger partial charge is 0.324 e. The summed E-state index contributed by atoms with van der Waals surface area (Å²) in [4.78, 5) is 0. The highest BCUT2D eigenvalue weighted by molar-refractivity contribution is 9.10. The van der Waals surface area contributed by atoms with Crippen LogP contribution in [0.3, 0.4) is 0 Å². The zero-order chi connectivity index (χ0) is 14.0. The smallest absolute Gasteiger partial charge is 0.0847 e. The number of halogens is 2. The van der Waals surface area contributed by atoms with Gasteiger partial charge in [-0.3, -0.25) is 4.68 Å². The molecule has 1 atom stereocenters. The molecule has 2 aromatic rings. The van der Waals surface area contributed by atoms with Gasteiger partial charge in [0.2, 0.25) is 0 Å². The first kappa shape index (κ1) is 14.6. The molecule has 1 unspecified atom stereocenters.